The first-order chi connectivity index (χ1) is 9.06. The number of alkyl halides is 1. The summed E-state index contributed by atoms with van der Waals surface area (Å²) in [7, 11) is 0. The van der Waals surface area contributed by atoms with Crippen molar-refractivity contribution in [1.29, 1.82) is 0 Å². The summed E-state index contributed by atoms with van der Waals surface area (Å²) in [5, 5.41) is 0. The van der Waals surface area contributed by atoms with Gasteiger partial charge in [-0.15, -0.1) is 0 Å². The van der Waals surface area contributed by atoms with Crippen molar-refractivity contribution in [1.82, 2.24) is 0 Å². The average Bonchev–Trinajstić information content (AvgIpc) is 2.40. The summed E-state index contributed by atoms with van der Waals surface area (Å²) in [6, 6.07) is 14.2. The van der Waals surface area contributed by atoms with Gasteiger partial charge in [0.15, 0.2) is 0 Å². The molecule has 0 saturated carbocycles. The predicted molar refractivity (Wildman–Crippen MR) is 82.3 cm³/mol. The monoisotopic (exact) mass is 402 g/mol. The molecule has 1 unspecified atom stereocenters. The fourth-order valence-electron chi connectivity index (χ4n) is 1.43. The van der Waals surface area contributed by atoms with E-state index in [9.17, 15) is 4.79 Å². The number of hydrogen-bond donors (Lipinski definition) is 0. The van der Waals surface area contributed by atoms with Crippen molar-refractivity contribution < 1.29 is 9.53 Å². The van der Waals surface area contributed by atoms with E-state index in [2.05, 4.69) is 31.9 Å². The topological polar surface area (TPSA) is 26.3 Å². The molecule has 98 valence electrons. The fourth-order valence-corrected chi connectivity index (χ4v) is 2.19. The number of rotatable bonds is 3. The smallest absolute Gasteiger partial charge is 0.339 e. The van der Waals surface area contributed by atoms with E-state index in [1.165, 1.54) is 0 Å². The second-order valence-corrected chi connectivity index (χ2v) is 6.01. The van der Waals surface area contributed by atoms with Gasteiger partial charge in [-0.3, -0.25) is 0 Å². The van der Waals surface area contributed by atoms with Gasteiger partial charge in [-0.05, 0) is 36.4 Å². The minimum Gasteiger partial charge on any atom is -0.438 e. The van der Waals surface area contributed by atoms with Crippen LogP contribution >= 0.6 is 43.5 Å². The SMILES string of the molecule is O=C(OC(Cl)c1ccc(Br)cc1)c1ccc(Br)cc1. The number of hydrogen-bond acceptors (Lipinski definition) is 2. The first-order valence-electron chi connectivity index (χ1n) is 5.42. The van der Waals surface area contributed by atoms with Gasteiger partial charge in [0.2, 0.25) is 5.56 Å². The average molecular weight is 404 g/mol. The van der Waals surface area contributed by atoms with Crippen LogP contribution in [-0.4, -0.2) is 5.97 Å². The van der Waals surface area contributed by atoms with Crippen LogP contribution in [-0.2, 0) is 4.74 Å². The second kappa shape index (κ2) is 6.55. The molecule has 0 N–H and O–H groups in total. The maximum Gasteiger partial charge on any atom is 0.339 e. The third kappa shape index (κ3) is 4.06. The molecule has 0 bridgehead atoms. The normalized spacial score (nSPS) is 11.9. The summed E-state index contributed by atoms with van der Waals surface area (Å²) in [5.74, 6) is -0.449. The Kier molecular flexibility index (Phi) is 5.02. The quantitative estimate of drug-likeness (QED) is 0.512. The van der Waals surface area contributed by atoms with Gasteiger partial charge in [-0.1, -0.05) is 55.6 Å². The van der Waals surface area contributed by atoms with Crippen LogP contribution in [0.25, 0.3) is 0 Å². The summed E-state index contributed by atoms with van der Waals surface area (Å²) >= 11 is 12.7. The third-order valence-corrected chi connectivity index (χ3v) is 3.82. The maximum absolute atomic E-state index is 11.9. The molecular weight excluding hydrogens is 395 g/mol. The summed E-state index contributed by atoms with van der Waals surface area (Å²) < 4.78 is 7.04. The highest BCUT2D eigenvalue weighted by molar-refractivity contribution is 9.10. The van der Waals surface area contributed by atoms with Crippen molar-refractivity contribution in [3.8, 4) is 0 Å². The molecule has 1 atom stereocenters. The number of ether oxygens (including phenoxy) is 1. The molecule has 0 saturated heterocycles. The lowest BCUT2D eigenvalue weighted by molar-refractivity contribution is 0.0446. The van der Waals surface area contributed by atoms with Gasteiger partial charge in [0, 0.05) is 14.5 Å². The summed E-state index contributed by atoms with van der Waals surface area (Å²) in [6.07, 6.45) is 0. The Morgan fingerprint density at radius 2 is 1.42 bits per heavy atom. The molecule has 0 aromatic heterocycles. The molecule has 0 spiro atoms. The Morgan fingerprint density at radius 1 is 0.947 bits per heavy atom. The van der Waals surface area contributed by atoms with Gasteiger partial charge >= 0.3 is 5.97 Å². The van der Waals surface area contributed by atoms with E-state index >= 15 is 0 Å². The summed E-state index contributed by atoms with van der Waals surface area (Å²) in [5.41, 5.74) is 0.394. The van der Waals surface area contributed by atoms with Gasteiger partial charge < -0.3 is 4.74 Å². The van der Waals surface area contributed by atoms with Gasteiger partial charge in [0.05, 0.1) is 5.56 Å². The van der Waals surface area contributed by atoms with Crippen molar-refractivity contribution in [2.75, 3.05) is 0 Å². The van der Waals surface area contributed by atoms with E-state index in [1.54, 1.807) is 36.4 Å². The molecule has 2 rings (SSSR count). The number of benzene rings is 2. The zero-order chi connectivity index (χ0) is 13.8. The van der Waals surface area contributed by atoms with Crippen LogP contribution < -0.4 is 0 Å². The van der Waals surface area contributed by atoms with Crippen molar-refractivity contribution >= 4 is 49.4 Å². The molecule has 5 heteroatoms. The molecule has 2 nitrogen and oxygen atoms in total. The van der Waals surface area contributed by atoms with Crippen LogP contribution in [0.3, 0.4) is 0 Å². The Bertz CT molecular complexity index is 567. The van der Waals surface area contributed by atoms with E-state index in [-0.39, 0.29) is 0 Å². The molecule has 0 amide bonds. The largest absolute Gasteiger partial charge is 0.438 e. The maximum atomic E-state index is 11.9. The predicted octanol–water partition coefficient (Wildman–Crippen LogP) is 5.31. The lowest BCUT2D eigenvalue weighted by Gasteiger charge is -2.11. The van der Waals surface area contributed by atoms with Gasteiger partial charge in [0.1, 0.15) is 0 Å². The van der Waals surface area contributed by atoms with Crippen LogP contribution in [0.4, 0.5) is 0 Å². The Hall–Kier alpha value is -0.840. The molecule has 0 aliphatic rings. The van der Waals surface area contributed by atoms with Crippen molar-refractivity contribution in [3.63, 3.8) is 0 Å². The first-order valence-corrected chi connectivity index (χ1v) is 7.44. The van der Waals surface area contributed by atoms with E-state index in [0.29, 0.717) is 5.56 Å². The lowest BCUT2D eigenvalue weighted by atomic mass is 10.2. The molecule has 19 heavy (non-hydrogen) atoms. The molecule has 2 aromatic rings. The first kappa shape index (κ1) is 14.6. The van der Waals surface area contributed by atoms with E-state index < -0.39 is 11.5 Å². The van der Waals surface area contributed by atoms with Gasteiger partial charge in [-0.2, -0.15) is 0 Å². The molecule has 0 aliphatic heterocycles. The van der Waals surface area contributed by atoms with E-state index in [0.717, 1.165) is 14.5 Å². The number of esters is 1. The van der Waals surface area contributed by atoms with Crippen molar-refractivity contribution in [2.24, 2.45) is 0 Å². The van der Waals surface area contributed by atoms with Crippen LogP contribution in [0, 0.1) is 0 Å². The van der Waals surface area contributed by atoms with Crippen LogP contribution in [0.5, 0.6) is 0 Å². The minimum absolute atomic E-state index is 0.449. The highest BCUT2D eigenvalue weighted by atomic mass is 79.9. The van der Waals surface area contributed by atoms with Crippen molar-refractivity contribution in [3.05, 3.63) is 68.6 Å². The molecular formula is C14H9Br2ClO2. The van der Waals surface area contributed by atoms with E-state index in [4.69, 9.17) is 16.3 Å². The molecule has 0 fully saturated rings. The van der Waals surface area contributed by atoms with Crippen molar-refractivity contribution in [2.45, 2.75) is 5.56 Å². The van der Waals surface area contributed by atoms with Gasteiger partial charge in [-0.25, -0.2) is 4.79 Å². The molecule has 0 aliphatic carbocycles. The molecule has 0 radical (unpaired) electrons. The number of halogens is 3. The minimum atomic E-state index is -0.802. The lowest BCUT2D eigenvalue weighted by Crippen LogP contribution is -2.07. The van der Waals surface area contributed by atoms with E-state index in [1.807, 2.05) is 12.1 Å². The highest BCUT2D eigenvalue weighted by Gasteiger charge is 2.15. The second-order valence-electron chi connectivity index (χ2n) is 3.78. The fraction of sp³-hybridized carbons (Fsp3) is 0.0714. The summed E-state index contributed by atoms with van der Waals surface area (Å²) in [6.45, 7) is 0. The Balaban J connectivity index is 2.06. The van der Waals surface area contributed by atoms with Crippen LogP contribution in [0.2, 0.25) is 0 Å². The highest BCUT2D eigenvalue weighted by Crippen LogP contribution is 2.25. The molecule has 0 heterocycles. The zero-order valence-electron chi connectivity index (χ0n) is 9.65. The zero-order valence-corrected chi connectivity index (χ0v) is 13.6. The van der Waals surface area contributed by atoms with Crippen LogP contribution in [0.15, 0.2) is 57.5 Å². The number of carbonyl (C=O) groups excluding carboxylic acids is 1. The summed E-state index contributed by atoms with van der Waals surface area (Å²) in [4.78, 5) is 11.9. The number of carbonyl (C=O) groups is 1. The van der Waals surface area contributed by atoms with Gasteiger partial charge in [0.25, 0.3) is 0 Å². The van der Waals surface area contributed by atoms with Crippen LogP contribution in [0.1, 0.15) is 21.5 Å². The standard InChI is InChI=1S/C14H9Br2ClO2/c15-11-5-1-9(2-6-11)13(17)19-14(18)10-3-7-12(16)8-4-10/h1-8,13H. The third-order valence-electron chi connectivity index (χ3n) is 2.42. The Labute approximate surface area is 133 Å². The Morgan fingerprint density at radius 3 is 1.95 bits per heavy atom. The molecule has 2 aromatic carbocycles.